The van der Waals surface area contributed by atoms with Crippen LogP contribution in [0.5, 0.6) is 0 Å². The Labute approximate surface area is 176 Å². The molecule has 0 saturated carbocycles. The van der Waals surface area contributed by atoms with Crippen LogP contribution in [-0.4, -0.2) is 39.2 Å². The van der Waals surface area contributed by atoms with Crippen molar-refractivity contribution in [1.29, 1.82) is 0 Å². The van der Waals surface area contributed by atoms with Crippen LogP contribution in [0, 0.1) is 12.7 Å². The molecule has 1 saturated heterocycles. The molecule has 6 nitrogen and oxygen atoms in total. The maximum atomic E-state index is 13.4. The van der Waals surface area contributed by atoms with Gasteiger partial charge in [0.15, 0.2) is 5.58 Å². The number of aryl methyl sites for hydroxylation is 2. The summed E-state index contributed by atoms with van der Waals surface area (Å²) in [7, 11) is 0. The Morgan fingerprint density at radius 3 is 2.93 bits per heavy atom. The molecule has 7 heteroatoms. The molecule has 0 spiro atoms. The van der Waals surface area contributed by atoms with Gasteiger partial charge in [-0.2, -0.15) is 0 Å². The van der Waals surface area contributed by atoms with Crippen LogP contribution < -0.4 is 5.56 Å². The molecule has 0 N–H and O–H groups in total. The Bertz CT molecular complexity index is 1170. The number of halogens is 1. The van der Waals surface area contributed by atoms with Crippen LogP contribution in [0.15, 0.2) is 27.5 Å². The second-order valence-electron chi connectivity index (χ2n) is 8.43. The number of hydrogen-bond acceptors (Lipinski definition) is 5. The van der Waals surface area contributed by atoms with Gasteiger partial charge in [0.25, 0.3) is 5.56 Å². The van der Waals surface area contributed by atoms with Crippen molar-refractivity contribution >= 4 is 11.0 Å². The molecule has 1 fully saturated rings. The van der Waals surface area contributed by atoms with E-state index in [-0.39, 0.29) is 17.3 Å². The van der Waals surface area contributed by atoms with Crippen LogP contribution in [0.4, 0.5) is 4.39 Å². The van der Waals surface area contributed by atoms with Gasteiger partial charge in [-0.05, 0) is 64.2 Å². The van der Waals surface area contributed by atoms with Crippen molar-refractivity contribution in [2.75, 3.05) is 19.6 Å². The SMILES string of the molecule is [3H]C(CN1CCC(c2noc3cc(F)ccc23)CC1)c1c(C)nc2n(c1=O)CCCC2. The molecule has 0 radical (unpaired) electrons. The lowest BCUT2D eigenvalue weighted by Gasteiger charge is -2.31. The number of rotatable bonds is 4. The predicted octanol–water partition coefficient (Wildman–Crippen LogP) is 3.59. The number of likely N-dealkylation sites (tertiary alicyclic amines) is 1. The molecule has 3 aromatic rings. The minimum Gasteiger partial charge on any atom is -0.356 e. The third-order valence-corrected chi connectivity index (χ3v) is 6.50. The lowest BCUT2D eigenvalue weighted by molar-refractivity contribution is 0.211. The van der Waals surface area contributed by atoms with Gasteiger partial charge >= 0.3 is 0 Å². The predicted molar refractivity (Wildman–Crippen MR) is 112 cm³/mol. The summed E-state index contributed by atoms with van der Waals surface area (Å²) in [6, 6.07) is 4.55. The van der Waals surface area contributed by atoms with E-state index in [2.05, 4.69) is 15.0 Å². The molecule has 2 aromatic heterocycles. The van der Waals surface area contributed by atoms with Crippen LogP contribution in [0.1, 0.15) is 55.7 Å². The third-order valence-electron chi connectivity index (χ3n) is 6.50. The first-order chi connectivity index (χ1) is 15.0. The summed E-state index contributed by atoms with van der Waals surface area (Å²) >= 11 is 0. The minimum absolute atomic E-state index is 0.0293. The average Bonchev–Trinajstić information content (AvgIpc) is 3.17. The highest BCUT2D eigenvalue weighted by Crippen LogP contribution is 2.32. The van der Waals surface area contributed by atoms with E-state index in [1.165, 1.54) is 12.1 Å². The summed E-state index contributed by atoms with van der Waals surface area (Å²) in [6.07, 6.45) is 4.09. The van der Waals surface area contributed by atoms with Crippen molar-refractivity contribution in [3.05, 3.63) is 57.1 Å². The number of aromatic nitrogens is 3. The molecule has 4 heterocycles. The fourth-order valence-corrected chi connectivity index (χ4v) is 4.78. The van der Waals surface area contributed by atoms with E-state index >= 15 is 0 Å². The molecule has 5 rings (SSSR count). The lowest BCUT2D eigenvalue weighted by atomic mass is 9.91. The second kappa shape index (κ2) is 7.95. The molecule has 0 amide bonds. The Morgan fingerprint density at radius 2 is 2.10 bits per heavy atom. The van der Waals surface area contributed by atoms with Gasteiger partial charge in [-0.25, -0.2) is 9.37 Å². The fraction of sp³-hybridized carbons (Fsp3) is 0.522. The number of piperidine rings is 1. The molecule has 1 atom stereocenters. The van der Waals surface area contributed by atoms with Gasteiger partial charge in [0.05, 0.1) is 5.69 Å². The van der Waals surface area contributed by atoms with Gasteiger partial charge in [0.1, 0.15) is 11.6 Å². The molecule has 158 valence electrons. The van der Waals surface area contributed by atoms with E-state index < -0.39 is 6.40 Å². The van der Waals surface area contributed by atoms with Crippen molar-refractivity contribution in [3.63, 3.8) is 0 Å². The van der Waals surface area contributed by atoms with Crippen molar-refractivity contribution in [2.45, 2.75) is 57.9 Å². The van der Waals surface area contributed by atoms with Gasteiger partial charge in [-0.1, -0.05) is 5.16 Å². The standard InChI is InChI=1S/C23H27FN4O2/c1-15-18(23(29)28-10-3-2-4-21(28)25-15)9-13-27-11-7-16(8-12-27)22-19-6-5-17(24)14-20(19)30-26-22/h5-6,14,16H,2-4,7-13H2,1H3/i9T. The van der Waals surface area contributed by atoms with Crippen molar-refractivity contribution in [3.8, 4) is 0 Å². The summed E-state index contributed by atoms with van der Waals surface area (Å²) in [5.41, 5.74) is 2.59. The quantitative estimate of drug-likeness (QED) is 0.655. The van der Waals surface area contributed by atoms with Crippen molar-refractivity contribution < 1.29 is 10.3 Å². The van der Waals surface area contributed by atoms with Crippen LogP contribution in [0.2, 0.25) is 0 Å². The normalized spacial score (nSPS) is 19.6. The summed E-state index contributed by atoms with van der Waals surface area (Å²) < 4.78 is 29.2. The topological polar surface area (TPSA) is 64.2 Å². The Balaban J connectivity index is 1.27. The van der Waals surface area contributed by atoms with Crippen LogP contribution in [-0.2, 0) is 19.4 Å². The number of benzene rings is 1. The maximum absolute atomic E-state index is 13.4. The highest BCUT2D eigenvalue weighted by atomic mass is 19.1. The van der Waals surface area contributed by atoms with Gasteiger partial charge in [-0.3, -0.25) is 9.36 Å². The van der Waals surface area contributed by atoms with Gasteiger partial charge in [0.2, 0.25) is 0 Å². The molecule has 30 heavy (non-hydrogen) atoms. The van der Waals surface area contributed by atoms with Crippen LogP contribution in [0.3, 0.4) is 0 Å². The summed E-state index contributed by atoms with van der Waals surface area (Å²) in [5.74, 6) is 0.796. The summed E-state index contributed by atoms with van der Waals surface area (Å²) in [4.78, 5) is 19.9. The van der Waals surface area contributed by atoms with Crippen LogP contribution in [0.25, 0.3) is 11.0 Å². The second-order valence-corrected chi connectivity index (χ2v) is 8.43. The van der Waals surface area contributed by atoms with Gasteiger partial charge < -0.3 is 9.42 Å². The number of nitrogens with zero attached hydrogens (tertiary/aromatic N) is 4. The Hall–Kier alpha value is -2.54. The highest BCUT2D eigenvalue weighted by molar-refractivity contribution is 5.79. The monoisotopic (exact) mass is 412 g/mol. The largest absolute Gasteiger partial charge is 0.356 e. The highest BCUT2D eigenvalue weighted by Gasteiger charge is 2.25. The zero-order chi connectivity index (χ0) is 21.5. The molecule has 1 unspecified atom stereocenters. The minimum atomic E-state index is -0.605. The molecule has 2 aliphatic rings. The van der Waals surface area contributed by atoms with Gasteiger partial charge in [-0.15, -0.1) is 0 Å². The molecule has 0 bridgehead atoms. The van der Waals surface area contributed by atoms with E-state index in [9.17, 15) is 9.18 Å². The van der Waals surface area contributed by atoms with E-state index in [1.54, 1.807) is 10.6 Å². The maximum Gasteiger partial charge on any atom is 0.256 e. The molecule has 2 aliphatic heterocycles. The molecular formula is C23H27FN4O2. The van der Waals surface area contributed by atoms with E-state index in [1.807, 2.05) is 6.92 Å². The molecule has 1 aromatic carbocycles. The average molecular weight is 413 g/mol. The van der Waals surface area contributed by atoms with E-state index in [0.717, 1.165) is 62.1 Å². The summed E-state index contributed by atoms with van der Waals surface area (Å²) in [6.45, 7) is 4.75. The first-order valence-electron chi connectivity index (χ1n) is 11.4. The lowest BCUT2D eigenvalue weighted by Crippen LogP contribution is -2.37. The summed E-state index contributed by atoms with van der Waals surface area (Å²) in [5, 5.41) is 5.09. The first kappa shape index (κ1) is 18.2. The fourth-order valence-electron chi connectivity index (χ4n) is 4.78. The van der Waals surface area contributed by atoms with Crippen molar-refractivity contribution in [1.82, 2.24) is 19.6 Å². The number of hydrogen-bond donors (Lipinski definition) is 0. The third kappa shape index (κ3) is 3.55. The van der Waals surface area contributed by atoms with Gasteiger partial charge in [0, 0.05) is 49.5 Å². The Morgan fingerprint density at radius 1 is 1.27 bits per heavy atom. The smallest absolute Gasteiger partial charge is 0.256 e. The van der Waals surface area contributed by atoms with E-state index in [0.29, 0.717) is 29.9 Å². The number of fused-ring (bicyclic) bond motifs is 2. The molecule has 0 aliphatic carbocycles. The Kier molecular flexibility index (Phi) is 4.83. The van der Waals surface area contributed by atoms with Crippen molar-refractivity contribution in [2.24, 2.45) is 0 Å². The molecular weight excluding hydrogens is 383 g/mol. The van der Waals surface area contributed by atoms with Crippen LogP contribution >= 0.6 is 0 Å². The van der Waals surface area contributed by atoms with E-state index in [4.69, 9.17) is 5.89 Å². The first-order valence-corrected chi connectivity index (χ1v) is 10.8. The zero-order valence-corrected chi connectivity index (χ0v) is 17.2. The zero-order valence-electron chi connectivity index (χ0n) is 18.2.